The maximum Gasteiger partial charge on any atom is 0.111 e. The first-order valence-electron chi connectivity index (χ1n) is 2.65. The second kappa shape index (κ2) is 4.57. The molecule has 46 valence electrons. The van der Waals surface area contributed by atoms with Gasteiger partial charge in [-0.25, -0.2) is 4.39 Å². The van der Waals surface area contributed by atoms with Crippen molar-refractivity contribution in [2.45, 2.75) is 13.8 Å². The van der Waals surface area contributed by atoms with Gasteiger partial charge in [0.05, 0.1) is 0 Å². The van der Waals surface area contributed by atoms with Crippen LogP contribution in [0.15, 0.2) is 23.8 Å². The average Bonchev–Trinajstić information content (AvgIpc) is 1.83. The van der Waals surface area contributed by atoms with Crippen molar-refractivity contribution in [3.05, 3.63) is 23.8 Å². The lowest BCUT2D eigenvalue weighted by molar-refractivity contribution is 0.543. The fourth-order valence-corrected chi connectivity index (χ4v) is 0.305. The van der Waals surface area contributed by atoms with Crippen LogP contribution in [0.2, 0.25) is 0 Å². The van der Waals surface area contributed by atoms with E-state index in [2.05, 4.69) is 0 Å². The van der Waals surface area contributed by atoms with E-state index in [1.165, 1.54) is 0 Å². The summed E-state index contributed by atoms with van der Waals surface area (Å²) < 4.78 is 11.6. The van der Waals surface area contributed by atoms with Crippen LogP contribution in [0, 0.1) is 0 Å². The number of rotatable bonds is 2. The summed E-state index contributed by atoms with van der Waals surface area (Å²) >= 11 is 0. The molecule has 0 aliphatic rings. The van der Waals surface area contributed by atoms with Gasteiger partial charge in [-0.05, 0) is 19.4 Å². The van der Waals surface area contributed by atoms with Crippen LogP contribution >= 0.6 is 0 Å². The molecule has 0 saturated carbocycles. The van der Waals surface area contributed by atoms with Gasteiger partial charge in [0.2, 0.25) is 0 Å². The van der Waals surface area contributed by atoms with E-state index >= 15 is 0 Å². The van der Waals surface area contributed by atoms with Gasteiger partial charge >= 0.3 is 0 Å². The van der Waals surface area contributed by atoms with Crippen molar-refractivity contribution >= 4 is 0 Å². The minimum Gasteiger partial charge on any atom is -0.246 e. The first kappa shape index (κ1) is 7.41. The fraction of sp³-hybridized carbons (Fsp3) is 0.429. The molecule has 0 unspecified atom stereocenters. The Balaban J connectivity index is 3.57. The molecule has 0 aromatic rings. The Morgan fingerprint density at radius 2 is 2.25 bits per heavy atom. The number of hydrogen-bond donors (Lipinski definition) is 0. The van der Waals surface area contributed by atoms with E-state index in [1.807, 2.05) is 19.1 Å². The molecule has 0 heterocycles. The van der Waals surface area contributed by atoms with Gasteiger partial charge in [0.25, 0.3) is 0 Å². The molecule has 0 amide bonds. The first-order valence-corrected chi connectivity index (χ1v) is 2.65. The normalized spacial score (nSPS) is 13.1. The molecule has 0 aliphatic carbocycles. The molecule has 0 aromatic heterocycles. The Labute approximate surface area is 49.7 Å². The average molecular weight is 114 g/mol. The van der Waals surface area contributed by atoms with Crippen LogP contribution in [0.25, 0.3) is 0 Å². The van der Waals surface area contributed by atoms with E-state index in [0.717, 1.165) is 5.57 Å². The van der Waals surface area contributed by atoms with E-state index < -0.39 is 0 Å². The van der Waals surface area contributed by atoms with Crippen LogP contribution < -0.4 is 0 Å². The van der Waals surface area contributed by atoms with Gasteiger partial charge in [-0.1, -0.05) is 18.2 Å². The highest BCUT2D eigenvalue weighted by Crippen LogP contribution is 1.91. The van der Waals surface area contributed by atoms with E-state index in [9.17, 15) is 4.39 Å². The SMILES string of the molecule is C/C=C\C=C(\C)CF. The molecule has 0 aromatic carbocycles. The summed E-state index contributed by atoms with van der Waals surface area (Å²) in [4.78, 5) is 0. The molecule has 0 radical (unpaired) electrons. The zero-order valence-electron chi connectivity index (χ0n) is 5.32. The fourth-order valence-electron chi connectivity index (χ4n) is 0.305. The molecule has 0 nitrogen and oxygen atoms in total. The summed E-state index contributed by atoms with van der Waals surface area (Å²) in [5.41, 5.74) is 0.767. The molecule has 0 bridgehead atoms. The van der Waals surface area contributed by atoms with Crippen molar-refractivity contribution in [1.29, 1.82) is 0 Å². The molecule has 0 atom stereocenters. The molecule has 1 heteroatoms. The van der Waals surface area contributed by atoms with Gasteiger partial charge in [-0.3, -0.25) is 0 Å². The third kappa shape index (κ3) is 3.59. The zero-order valence-corrected chi connectivity index (χ0v) is 5.32. The Kier molecular flexibility index (Phi) is 4.23. The number of allylic oxidation sites excluding steroid dienone is 4. The molecule has 0 rings (SSSR count). The van der Waals surface area contributed by atoms with E-state index in [4.69, 9.17) is 0 Å². The summed E-state index contributed by atoms with van der Waals surface area (Å²) in [7, 11) is 0. The summed E-state index contributed by atoms with van der Waals surface area (Å²) in [6, 6.07) is 0. The van der Waals surface area contributed by atoms with Crippen LogP contribution in [0.5, 0.6) is 0 Å². The Morgan fingerprint density at radius 1 is 1.62 bits per heavy atom. The number of alkyl halides is 1. The van der Waals surface area contributed by atoms with E-state index in [1.54, 1.807) is 13.0 Å². The van der Waals surface area contributed by atoms with E-state index in [-0.39, 0.29) is 6.67 Å². The zero-order chi connectivity index (χ0) is 6.41. The van der Waals surface area contributed by atoms with Gasteiger partial charge in [0, 0.05) is 0 Å². The maximum absolute atomic E-state index is 11.6. The van der Waals surface area contributed by atoms with Crippen molar-refractivity contribution in [2.24, 2.45) is 0 Å². The molecule has 0 N–H and O–H groups in total. The largest absolute Gasteiger partial charge is 0.246 e. The third-order valence-corrected chi connectivity index (χ3v) is 0.784. The quantitative estimate of drug-likeness (QED) is 0.484. The minimum atomic E-state index is -0.343. The van der Waals surface area contributed by atoms with Crippen molar-refractivity contribution < 1.29 is 4.39 Å². The summed E-state index contributed by atoms with van der Waals surface area (Å²) in [5.74, 6) is 0. The van der Waals surface area contributed by atoms with Crippen LogP contribution in [0.4, 0.5) is 4.39 Å². The Hall–Kier alpha value is -0.590. The third-order valence-electron chi connectivity index (χ3n) is 0.784. The van der Waals surface area contributed by atoms with Gasteiger partial charge in [0.15, 0.2) is 0 Å². The predicted octanol–water partition coefficient (Wildman–Crippen LogP) is 2.48. The molecule has 0 spiro atoms. The van der Waals surface area contributed by atoms with Crippen molar-refractivity contribution in [3.63, 3.8) is 0 Å². The number of hydrogen-bond acceptors (Lipinski definition) is 0. The summed E-state index contributed by atoms with van der Waals surface area (Å²) in [6.45, 7) is 3.33. The second-order valence-electron chi connectivity index (χ2n) is 1.67. The molecular weight excluding hydrogens is 103 g/mol. The first-order chi connectivity index (χ1) is 3.81. The molecule has 0 aliphatic heterocycles. The maximum atomic E-state index is 11.6. The summed E-state index contributed by atoms with van der Waals surface area (Å²) in [6.07, 6.45) is 5.47. The number of halogens is 1. The van der Waals surface area contributed by atoms with Crippen molar-refractivity contribution in [2.75, 3.05) is 6.67 Å². The predicted molar refractivity (Wildman–Crippen MR) is 34.5 cm³/mol. The van der Waals surface area contributed by atoms with Crippen LogP contribution in [-0.4, -0.2) is 6.67 Å². The topological polar surface area (TPSA) is 0 Å². The van der Waals surface area contributed by atoms with Crippen molar-refractivity contribution in [1.82, 2.24) is 0 Å². The summed E-state index contributed by atoms with van der Waals surface area (Å²) in [5, 5.41) is 0. The van der Waals surface area contributed by atoms with Crippen LogP contribution in [-0.2, 0) is 0 Å². The van der Waals surface area contributed by atoms with Gasteiger partial charge in [0.1, 0.15) is 6.67 Å². The van der Waals surface area contributed by atoms with Crippen molar-refractivity contribution in [3.8, 4) is 0 Å². The second-order valence-corrected chi connectivity index (χ2v) is 1.67. The highest BCUT2D eigenvalue weighted by Gasteiger charge is 1.79. The molecule has 0 saturated heterocycles. The minimum absolute atomic E-state index is 0.343. The van der Waals surface area contributed by atoms with Crippen LogP contribution in [0.1, 0.15) is 13.8 Å². The van der Waals surface area contributed by atoms with Gasteiger partial charge in [-0.15, -0.1) is 0 Å². The highest BCUT2D eigenvalue weighted by atomic mass is 19.1. The van der Waals surface area contributed by atoms with Gasteiger partial charge < -0.3 is 0 Å². The lowest BCUT2D eigenvalue weighted by atomic mass is 10.3. The van der Waals surface area contributed by atoms with Gasteiger partial charge in [-0.2, -0.15) is 0 Å². The Bertz CT molecular complexity index is 101. The monoisotopic (exact) mass is 114 g/mol. The van der Waals surface area contributed by atoms with E-state index in [0.29, 0.717) is 0 Å². The molecule has 8 heavy (non-hydrogen) atoms. The smallest absolute Gasteiger partial charge is 0.111 e. The Morgan fingerprint density at radius 3 is 2.62 bits per heavy atom. The lowest BCUT2D eigenvalue weighted by Gasteiger charge is -1.84. The van der Waals surface area contributed by atoms with Crippen LogP contribution in [0.3, 0.4) is 0 Å². The standard InChI is InChI=1S/C7H11F/c1-3-4-5-7(2)6-8/h3-5H,6H2,1-2H3/b4-3-,7-5-. The molecule has 0 fully saturated rings. The molecular formula is C7H11F. The lowest BCUT2D eigenvalue weighted by Crippen LogP contribution is -1.73. The highest BCUT2D eigenvalue weighted by molar-refractivity contribution is 5.09.